The maximum absolute atomic E-state index is 5.71. The molecule has 0 atom stereocenters. The summed E-state index contributed by atoms with van der Waals surface area (Å²) in [7, 11) is 1.63. The van der Waals surface area contributed by atoms with Crippen LogP contribution in [0.15, 0.2) is 48.5 Å². The van der Waals surface area contributed by atoms with Gasteiger partial charge < -0.3 is 15.2 Å². The minimum absolute atomic E-state index is 0.298. The lowest BCUT2D eigenvalue weighted by molar-refractivity contribution is 0.296. The minimum atomic E-state index is 0.298. The fourth-order valence-electron chi connectivity index (χ4n) is 1.99. The molecule has 3 N–H and O–H groups in total. The number of nitrogen functional groups attached to an aromatic ring is 1. The van der Waals surface area contributed by atoms with E-state index in [1.165, 1.54) is 0 Å². The van der Waals surface area contributed by atoms with Gasteiger partial charge in [-0.15, -0.1) is 0 Å². The Morgan fingerprint density at radius 2 is 1.91 bits per heavy atom. The van der Waals surface area contributed by atoms with Crippen LogP contribution >= 0.6 is 0 Å². The Balaban J connectivity index is 1.68. The molecule has 1 aromatic heterocycles. The van der Waals surface area contributed by atoms with Gasteiger partial charge in [-0.25, -0.2) is 4.98 Å². The van der Waals surface area contributed by atoms with Crippen LogP contribution in [-0.2, 0) is 6.61 Å². The monoisotopic (exact) mass is 296 g/mol. The van der Waals surface area contributed by atoms with Gasteiger partial charge in [0.15, 0.2) is 11.6 Å². The molecule has 1 heterocycles. The quantitative estimate of drug-likeness (QED) is 0.707. The van der Waals surface area contributed by atoms with E-state index in [1.807, 2.05) is 42.5 Å². The summed E-state index contributed by atoms with van der Waals surface area (Å²) in [5.74, 6) is 2.76. The minimum Gasteiger partial charge on any atom is -0.497 e. The first-order valence-electron chi connectivity index (χ1n) is 6.78. The van der Waals surface area contributed by atoms with Gasteiger partial charge in [0, 0.05) is 17.3 Å². The molecule has 0 radical (unpaired) electrons. The molecule has 0 unspecified atom stereocenters. The molecule has 3 aromatic rings. The van der Waals surface area contributed by atoms with Crippen molar-refractivity contribution < 1.29 is 9.47 Å². The first kappa shape index (κ1) is 13.9. The van der Waals surface area contributed by atoms with E-state index in [4.69, 9.17) is 15.2 Å². The predicted octanol–water partition coefficient (Wildman–Crippen LogP) is 2.64. The maximum Gasteiger partial charge on any atom is 0.181 e. The molecule has 0 bridgehead atoms. The van der Waals surface area contributed by atoms with Gasteiger partial charge in [-0.05, 0) is 36.4 Å². The zero-order valence-corrected chi connectivity index (χ0v) is 12.1. The summed E-state index contributed by atoms with van der Waals surface area (Å²) in [4.78, 5) is 4.41. The van der Waals surface area contributed by atoms with Crippen LogP contribution in [0.3, 0.4) is 0 Å². The Bertz CT molecular complexity index is 753. The Morgan fingerprint density at radius 3 is 2.64 bits per heavy atom. The van der Waals surface area contributed by atoms with Crippen LogP contribution in [-0.4, -0.2) is 22.3 Å². The summed E-state index contributed by atoms with van der Waals surface area (Å²) < 4.78 is 10.8. The number of nitrogens with zero attached hydrogens (tertiary/aromatic N) is 2. The van der Waals surface area contributed by atoms with Crippen molar-refractivity contribution in [2.24, 2.45) is 0 Å². The molecule has 6 nitrogen and oxygen atoms in total. The van der Waals surface area contributed by atoms with E-state index in [-0.39, 0.29) is 0 Å². The Kier molecular flexibility index (Phi) is 3.91. The van der Waals surface area contributed by atoms with Gasteiger partial charge in [-0.2, -0.15) is 5.10 Å². The number of methoxy groups -OCH3 is 1. The molecule has 0 amide bonds. The van der Waals surface area contributed by atoms with Crippen LogP contribution in [0.5, 0.6) is 11.5 Å². The van der Waals surface area contributed by atoms with Gasteiger partial charge in [-0.1, -0.05) is 6.07 Å². The molecule has 22 heavy (non-hydrogen) atoms. The summed E-state index contributed by atoms with van der Waals surface area (Å²) in [5, 5.41) is 7.06. The molecule has 0 aliphatic rings. The number of rotatable bonds is 5. The number of H-pyrrole nitrogens is 1. The van der Waals surface area contributed by atoms with Crippen molar-refractivity contribution in [2.45, 2.75) is 6.61 Å². The molecule has 0 fully saturated rings. The standard InChI is InChI=1S/C16H16N4O2/c1-21-13-7-5-11(6-8-13)16-18-15(19-20-16)10-22-14-4-2-3-12(17)9-14/h2-9H,10,17H2,1H3,(H,18,19,20). The van der Waals surface area contributed by atoms with Crippen LogP contribution < -0.4 is 15.2 Å². The zero-order chi connectivity index (χ0) is 15.4. The Morgan fingerprint density at radius 1 is 1.09 bits per heavy atom. The van der Waals surface area contributed by atoms with Crippen molar-refractivity contribution in [1.29, 1.82) is 0 Å². The lowest BCUT2D eigenvalue weighted by atomic mass is 10.2. The highest BCUT2D eigenvalue weighted by Crippen LogP contribution is 2.20. The number of hydrogen-bond acceptors (Lipinski definition) is 5. The average Bonchev–Trinajstić information content (AvgIpc) is 3.02. The topological polar surface area (TPSA) is 86.0 Å². The van der Waals surface area contributed by atoms with Gasteiger partial charge in [0.05, 0.1) is 7.11 Å². The number of benzene rings is 2. The lowest BCUT2D eigenvalue weighted by Crippen LogP contribution is -1.98. The van der Waals surface area contributed by atoms with Gasteiger partial charge in [0.1, 0.15) is 18.1 Å². The summed E-state index contributed by atoms with van der Waals surface area (Å²) in [6.45, 7) is 0.298. The lowest BCUT2D eigenvalue weighted by Gasteiger charge is -2.04. The van der Waals surface area contributed by atoms with Crippen molar-refractivity contribution in [3.8, 4) is 22.9 Å². The molecular formula is C16H16N4O2. The number of hydrogen-bond donors (Lipinski definition) is 2. The van der Waals surface area contributed by atoms with Crippen LogP contribution in [0.1, 0.15) is 5.82 Å². The third kappa shape index (κ3) is 3.17. The van der Waals surface area contributed by atoms with Crippen LogP contribution in [0.4, 0.5) is 5.69 Å². The second-order valence-electron chi connectivity index (χ2n) is 4.70. The molecule has 0 spiro atoms. The van der Waals surface area contributed by atoms with Gasteiger partial charge in [-0.3, -0.25) is 5.10 Å². The highest BCUT2D eigenvalue weighted by Gasteiger charge is 2.07. The van der Waals surface area contributed by atoms with E-state index >= 15 is 0 Å². The maximum atomic E-state index is 5.71. The van der Waals surface area contributed by atoms with Crippen molar-refractivity contribution in [2.75, 3.05) is 12.8 Å². The number of aromatic nitrogens is 3. The summed E-state index contributed by atoms with van der Waals surface area (Å²) >= 11 is 0. The van der Waals surface area contributed by atoms with Crippen LogP contribution in [0.2, 0.25) is 0 Å². The Hall–Kier alpha value is -3.02. The van der Waals surface area contributed by atoms with E-state index in [2.05, 4.69) is 15.2 Å². The van der Waals surface area contributed by atoms with E-state index in [1.54, 1.807) is 13.2 Å². The van der Waals surface area contributed by atoms with E-state index in [0.717, 1.165) is 11.3 Å². The largest absolute Gasteiger partial charge is 0.497 e. The SMILES string of the molecule is COc1ccc(-c2n[nH]c(COc3cccc(N)c3)n2)cc1. The molecule has 0 aliphatic carbocycles. The van der Waals surface area contributed by atoms with E-state index in [9.17, 15) is 0 Å². The fourth-order valence-corrected chi connectivity index (χ4v) is 1.99. The van der Waals surface area contributed by atoms with Crippen molar-refractivity contribution >= 4 is 5.69 Å². The summed E-state index contributed by atoms with van der Waals surface area (Å²) in [5.41, 5.74) is 7.28. The first-order chi connectivity index (χ1) is 10.7. The zero-order valence-electron chi connectivity index (χ0n) is 12.1. The molecule has 0 saturated carbocycles. The molecular weight excluding hydrogens is 280 g/mol. The highest BCUT2D eigenvalue weighted by atomic mass is 16.5. The van der Waals surface area contributed by atoms with Crippen LogP contribution in [0, 0.1) is 0 Å². The average molecular weight is 296 g/mol. The smallest absolute Gasteiger partial charge is 0.181 e. The first-order valence-corrected chi connectivity index (χ1v) is 6.78. The molecule has 2 aromatic carbocycles. The van der Waals surface area contributed by atoms with Gasteiger partial charge in [0.2, 0.25) is 0 Å². The normalized spacial score (nSPS) is 10.4. The third-order valence-electron chi connectivity index (χ3n) is 3.11. The Labute approximate surface area is 127 Å². The molecule has 6 heteroatoms. The second kappa shape index (κ2) is 6.17. The van der Waals surface area contributed by atoms with Gasteiger partial charge >= 0.3 is 0 Å². The van der Waals surface area contributed by atoms with Crippen molar-refractivity contribution in [3.05, 3.63) is 54.4 Å². The number of nitrogens with two attached hydrogens (primary N) is 1. The second-order valence-corrected chi connectivity index (χ2v) is 4.70. The number of anilines is 1. The summed E-state index contributed by atoms with van der Waals surface area (Å²) in [6.07, 6.45) is 0. The van der Waals surface area contributed by atoms with Gasteiger partial charge in [0.25, 0.3) is 0 Å². The molecule has 112 valence electrons. The van der Waals surface area contributed by atoms with Crippen LogP contribution in [0.25, 0.3) is 11.4 Å². The fraction of sp³-hybridized carbons (Fsp3) is 0.125. The van der Waals surface area contributed by atoms with Crippen molar-refractivity contribution in [3.63, 3.8) is 0 Å². The summed E-state index contributed by atoms with van der Waals surface area (Å²) in [6, 6.07) is 14.8. The molecule has 0 aliphatic heterocycles. The van der Waals surface area contributed by atoms with E-state index in [0.29, 0.717) is 29.7 Å². The number of aromatic amines is 1. The predicted molar refractivity (Wildman–Crippen MR) is 83.6 cm³/mol. The third-order valence-corrected chi connectivity index (χ3v) is 3.11. The van der Waals surface area contributed by atoms with E-state index < -0.39 is 0 Å². The molecule has 0 saturated heterocycles. The van der Waals surface area contributed by atoms with Crippen molar-refractivity contribution in [1.82, 2.24) is 15.2 Å². The highest BCUT2D eigenvalue weighted by molar-refractivity contribution is 5.55. The number of nitrogens with one attached hydrogen (secondary N) is 1. The number of ether oxygens (including phenoxy) is 2. The molecule has 3 rings (SSSR count).